The van der Waals surface area contributed by atoms with Crippen LogP contribution in [0.4, 0.5) is 0 Å². The molecule has 0 radical (unpaired) electrons. The summed E-state index contributed by atoms with van der Waals surface area (Å²) in [5.74, 6) is 0.915. The van der Waals surface area contributed by atoms with E-state index in [9.17, 15) is 0 Å². The van der Waals surface area contributed by atoms with E-state index in [-0.39, 0.29) is 0 Å². The van der Waals surface area contributed by atoms with E-state index in [2.05, 4.69) is 34.7 Å². The molecule has 0 saturated carbocycles. The van der Waals surface area contributed by atoms with Crippen LogP contribution in [0.25, 0.3) is 0 Å². The van der Waals surface area contributed by atoms with Crippen LogP contribution in [0.3, 0.4) is 0 Å². The van der Waals surface area contributed by atoms with Crippen LogP contribution >= 0.6 is 15.9 Å². The molecule has 1 nitrogen and oxygen atoms in total. The van der Waals surface area contributed by atoms with Crippen molar-refractivity contribution in [3.63, 3.8) is 0 Å². The molecule has 12 heavy (non-hydrogen) atoms. The lowest BCUT2D eigenvalue weighted by Crippen LogP contribution is -2.36. The molecule has 1 aliphatic rings. The van der Waals surface area contributed by atoms with Crippen LogP contribution in [0.5, 0.6) is 0 Å². The minimum atomic E-state index is 0.710. The van der Waals surface area contributed by atoms with Gasteiger partial charge in [-0.25, -0.2) is 0 Å². The Kier molecular flexibility index (Phi) is 4.59. The van der Waals surface area contributed by atoms with Gasteiger partial charge in [0.1, 0.15) is 0 Å². The number of nitrogens with zero attached hydrogens (tertiary/aromatic N) is 1. The summed E-state index contributed by atoms with van der Waals surface area (Å²) >= 11 is 3.68. The van der Waals surface area contributed by atoms with E-state index in [1.807, 2.05) is 0 Å². The van der Waals surface area contributed by atoms with Gasteiger partial charge in [0.15, 0.2) is 0 Å². The highest BCUT2D eigenvalue weighted by Crippen LogP contribution is 2.24. The minimum absolute atomic E-state index is 0.710. The second-order valence-electron chi connectivity index (χ2n) is 3.86. The van der Waals surface area contributed by atoms with Crippen molar-refractivity contribution in [1.29, 1.82) is 0 Å². The van der Waals surface area contributed by atoms with Crippen molar-refractivity contribution in [3.8, 4) is 0 Å². The van der Waals surface area contributed by atoms with Gasteiger partial charge in [0.05, 0.1) is 0 Å². The molecule has 0 aromatic rings. The van der Waals surface area contributed by atoms with Crippen molar-refractivity contribution in [2.45, 2.75) is 37.9 Å². The van der Waals surface area contributed by atoms with Crippen molar-refractivity contribution in [2.24, 2.45) is 5.92 Å². The molecular formula is C10H20BrN. The SMILES string of the molecule is CCCN1CCC(C(C)Br)CC1. The first kappa shape index (κ1) is 10.5. The van der Waals surface area contributed by atoms with Crippen LogP contribution in [0.15, 0.2) is 0 Å². The molecule has 72 valence electrons. The van der Waals surface area contributed by atoms with Crippen LogP contribution < -0.4 is 0 Å². The minimum Gasteiger partial charge on any atom is -0.303 e. The topological polar surface area (TPSA) is 3.24 Å². The van der Waals surface area contributed by atoms with Gasteiger partial charge in [-0.15, -0.1) is 0 Å². The van der Waals surface area contributed by atoms with Crippen LogP contribution in [0.2, 0.25) is 0 Å². The first-order valence-electron chi connectivity index (χ1n) is 5.10. The third-order valence-corrected chi connectivity index (χ3v) is 3.57. The summed E-state index contributed by atoms with van der Waals surface area (Å²) in [7, 11) is 0. The molecule has 0 aromatic heterocycles. The largest absolute Gasteiger partial charge is 0.303 e. The van der Waals surface area contributed by atoms with Crippen molar-refractivity contribution in [2.75, 3.05) is 19.6 Å². The second kappa shape index (κ2) is 5.23. The Labute approximate surface area is 84.6 Å². The molecule has 2 heteroatoms. The first-order chi connectivity index (χ1) is 5.74. The zero-order chi connectivity index (χ0) is 8.97. The highest BCUT2D eigenvalue weighted by atomic mass is 79.9. The number of rotatable bonds is 3. The molecule has 0 bridgehead atoms. The lowest BCUT2D eigenvalue weighted by atomic mass is 9.94. The van der Waals surface area contributed by atoms with Crippen molar-refractivity contribution in [3.05, 3.63) is 0 Å². The summed E-state index contributed by atoms with van der Waals surface area (Å²) in [5, 5.41) is 0. The maximum atomic E-state index is 3.68. The summed E-state index contributed by atoms with van der Waals surface area (Å²) in [6.07, 6.45) is 4.06. The molecule has 1 unspecified atom stereocenters. The molecule has 1 atom stereocenters. The Balaban J connectivity index is 2.20. The van der Waals surface area contributed by atoms with Gasteiger partial charge in [-0.3, -0.25) is 0 Å². The Bertz CT molecular complexity index is 117. The second-order valence-corrected chi connectivity index (χ2v) is 5.30. The van der Waals surface area contributed by atoms with Crippen molar-refractivity contribution in [1.82, 2.24) is 4.90 Å². The van der Waals surface area contributed by atoms with Crippen LogP contribution in [-0.4, -0.2) is 29.4 Å². The number of hydrogen-bond donors (Lipinski definition) is 0. The van der Waals surface area contributed by atoms with Crippen LogP contribution in [-0.2, 0) is 0 Å². The zero-order valence-corrected chi connectivity index (χ0v) is 9.81. The Hall–Kier alpha value is 0.440. The van der Waals surface area contributed by atoms with Gasteiger partial charge in [0, 0.05) is 4.83 Å². The first-order valence-corrected chi connectivity index (χ1v) is 6.02. The Morgan fingerprint density at radius 2 is 2.00 bits per heavy atom. The van der Waals surface area contributed by atoms with E-state index in [0.717, 1.165) is 5.92 Å². The maximum Gasteiger partial charge on any atom is 0.0146 e. The fourth-order valence-electron chi connectivity index (χ4n) is 1.95. The van der Waals surface area contributed by atoms with E-state index in [0.29, 0.717) is 4.83 Å². The number of hydrogen-bond acceptors (Lipinski definition) is 1. The standard InChI is InChI=1S/C10H20BrN/c1-3-6-12-7-4-10(5-8-12)9(2)11/h9-10H,3-8H2,1-2H3. The van der Waals surface area contributed by atoms with E-state index >= 15 is 0 Å². The van der Waals surface area contributed by atoms with Gasteiger partial charge < -0.3 is 4.90 Å². The van der Waals surface area contributed by atoms with Gasteiger partial charge in [-0.2, -0.15) is 0 Å². The molecule has 0 aromatic carbocycles. The van der Waals surface area contributed by atoms with E-state index in [1.54, 1.807) is 0 Å². The Morgan fingerprint density at radius 1 is 1.42 bits per heavy atom. The Morgan fingerprint density at radius 3 is 2.42 bits per heavy atom. The molecule has 0 amide bonds. The fourth-order valence-corrected chi connectivity index (χ4v) is 2.48. The third kappa shape index (κ3) is 3.06. The molecule has 0 N–H and O–H groups in total. The predicted molar refractivity (Wildman–Crippen MR) is 57.8 cm³/mol. The number of piperidine rings is 1. The number of halogens is 1. The lowest BCUT2D eigenvalue weighted by Gasteiger charge is -2.32. The average Bonchev–Trinajstić information content (AvgIpc) is 2.06. The van der Waals surface area contributed by atoms with Crippen LogP contribution in [0, 0.1) is 5.92 Å². The van der Waals surface area contributed by atoms with E-state index in [1.165, 1.54) is 38.9 Å². The molecule has 1 heterocycles. The van der Waals surface area contributed by atoms with E-state index in [4.69, 9.17) is 0 Å². The highest BCUT2D eigenvalue weighted by Gasteiger charge is 2.21. The van der Waals surface area contributed by atoms with Gasteiger partial charge >= 0.3 is 0 Å². The van der Waals surface area contributed by atoms with E-state index < -0.39 is 0 Å². The lowest BCUT2D eigenvalue weighted by molar-refractivity contribution is 0.185. The van der Waals surface area contributed by atoms with Crippen LogP contribution in [0.1, 0.15) is 33.1 Å². The zero-order valence-electron chi connectivity index (χ0n) is 8.22. The summed E-state index contributed by atoms with van der Waals surface area (Å²) in [5.41, 5.74) is 0. The summed E-state index contributed by atoms with van der Waals surface area (Å²) in [6.45, 7) is 8.46. The molecule has 1 aliphatic heterocycles. The van der Waals surface area contributed by atoms with Gasteiger partial charge in [0.2, 0.25) is 0 Å². The predicted octanol–water partition coefficient (Wildman–Crippen LogP) is 2.89. The molecule has 1 fully saturated rings. The quantitative estimate of drug-likeness (QED) is 0.679. The van der Waals surface area contributed by atoms with Crippen molar-refractivity contribution < 1.29 is 0 Å². The molecule has 1 saturated heterocycles. The molecular weight excluding hydrogens is 214 g/mol. The normalized spacial score (nSPS) is 24.2. The fraction of sp³-hybridized carbons (Fsp3) is 1.00. The number of alkyl halides is 1. The smallest absolute Gasteiger partial charge is 0.0146 e. The van der Waals surface area contributed by atoms with Crippen molar-refractivity contribution >= 4 is 15.9 Å². The summed E-state index contributed by atoms with van der Waals surface area (Å²) < 4.78 is 0. The average molecular weight is 234 g/mol. The number of likely N-dealkylation sites (tertiary alicyclic amines) is 1. The molecule has 0 aliphatic carbocycles. The summed E-state index contributed by atoms with van der Waals surface area (Å²) in [4.78, 5) is 3.30. The maximum absolute atomic E-state index is 3.68. The highest BCUT2D eigenvalue weighted by molar-refractivity contribution is 9.09. The molecule has 0 spiro atoms. The monoisotopic (exact) mass is 233 g/mol. The molecule has 1 rings (SSSR count). The third-order valence-electron chi connectivity index (χ3n) is 2.82. The van der Waals surface area contributed by atoms with Gasteiger partial charge in [0.25, 0.3) is 0 Å². The van der Waals surface area contributed by atoms with Gasteiger partial charge in [-0.05, 0) is 44.8 Å². The summed E-state index contributed by atoms with van der Waals surface area (Å²) in [6, 6.07) is 0. The van der Waals surface area contributed by atoms with Gasteiger partial charge in [-0.1, -0.05) is 29.8 Å².